The van der Waals surface area contributed by atoms with Gasteiger partial charge in [0.15, 0.2) is 11.6 Å². The van der Waals surface area contributed by atoms with Crippen LogP contribution in [0.15, 0.2) is 30.4 Å². The Morgan fingerprint density at radius 1 is 1.39 bits per heavy atom. The van der Waals surface area contributed by atoms with Gasteiger partial charge in [-0.05, 0) is 31.0 Å². The molecule has 0 aromatic heterocycles. The van der Waals surface area contributed by atoms with Crippen molar-refractivity contribution in [2.45, 2.75) is 33.2 Å². The summed E-state index contributed by atoms with van der Waals surface area (Å²) in [4.78, 5) is 0. The highest BCUT2D eigenvalue weighted by Crippen LogP contribution is 2.23. The van der Waals surface area contributed by atoms with Gasteiger partial charge in [-0.3, -0.25) is 0 Å². The van der Waals surface area contributed by atoms with E-state index in [2.05, 4.69) is 18.8 Å². The van der Waals surface area contributed by atoms with E-state index in [4.69, 9.17) is 4.74 Å². The third-order valence-electron chi connectivity index (χ3n) is 2.71. The molecule has 0 aliphatic rings. The van der Waals surface area contributed by atoms with Gasteiger partial charge in [-0.1, -0.05) is 32.6 Å². The fourth-order valence-electron chi connectivity index (χ4n) is 1.53. The monoisotopic (exact) mass is 251 g/mol. The maximum absolute atomic E-state index is 13.7. The first kappa shape index (κ1) is 14.7. The molecular formula is C15H22FNO. The van der Waals surface area contributed by atoms with Gasteiger partial charge in [-0.25, -0.2) is 4.39 Å². The van der Waals surface area contributed by atoms with Crippen LogP contribution in [0.25, 0.3) is 0 Å². The van der Waals surface area contributed by atoms with E-state index in [1.165, 1.54) is 6.07 Å². The van der Waals surface area contributed by atoms with Crippen molar-refractivity contribution in [3.8, 4) is 5.75 Å². The standard InChI is InChI=1S/C15H22FNO/c1-4-9-17-10-13-7-6-8-14(16)15(13)18-11-12(3)5-2/h6-8,17H,3-5,9-11H2,1-2H3. The van der Waals surface area contributed by atoms with Crippen LogP contribution in [0.4, 0.5) is 4.39 Å². The quantitative estimate of drug-likeness (QED) is 0.562. The van der Waals surface area contributed by atoms with Crippen LogP contribution in [0.5, 0.6) is 5.75 Å². The summed E-state index contributed by atoms with van der Waals surface area (Å²) in [6, 6.07) is 5.02. The highest BCUT2D eigenvalue weighted by atomic mass is 19.1. The molecule has 100 valence electrons. The number of nitrogens with one attached hydrogen (secondary N) is 1. The molecule has 0 aliphatic heterocycles. The smallest absolute Gasteiger partial charge is 0.165 e. The van der Waals surface area contributed by atoms with Crippen LogP contribution in [0.1, 0.15) is 32.3 Å². The molecule has 0 heterocycles. The largest absolute Gasteiger partial charge is 0.486 e. The lowest BCUT2D eigenvalue weighted by molar-refractivity contribution is 0.324. The summed E-state index contributed by atoms with van der Waals surface area (Å²) in [5, 5.41) is 3.25. The van der Waals surface area contributed by atoms with E-state index in [0.29, 0.717) is 18.9 Å². The van der Waals surface area contributed by atoms with Gasteiger partial charge in [0, 0.05) is 12.1 Å². The molecule has 0 radical (unpaired) electrons. The Bertz CT molecular complexity index is 390. The maximum Gasteiger partial charge on any atom is 0.165 e. The molecule has 0 saturated heterocycles. The molecule has 0 aliphatic carbocycles. The second-order valence-corrected chi connectivity index (χ2v) is 4.30. The number of para-hydroxylation sites is 1. The topological polar surface area (TPSA) is 21.3 Å². The highest BCUT2D eigenvalue weighted by molar-refractivity contribution is 5.35. The average molecular weight is 251 g/mol. The number of hydrogen-bond donors (Lipinski definition) is 1. The SMILES string of the molecule is C=C(CC)COc1c(F)cccc1CNCCC. The van der Waals surface area contributed by atoms with Gasteiger partial charge in [0.25, 0.3) is 0 Å². The van der Waals surface area contributed by atoms with Crippen molar-refractivity contribution in [3.05, 3.63) is 41.7 Å². The van der Waals surface area contributed by atoms with E-state index < -0.39 is 0 Å². The van der Waals surface area contributed by atoms with E-state index in [-0.39, 0.29) is 5.82 Å². The summed E-state index contributed by atoms with van der Waals surface area (Å²) < 4.78 is 19.3. The van der Waals surface area contributed by atoms with Crippen LogP contribution < -0.4 is 10.1 Å². The zero-order chi connectivity index (χ0) is 13.4. The fraction of sp³-hybridized carbons (Fsp3) is 0.467. The molecule has 1 aromatic rings. The first-order valence-electron chi connectivity index (χ1n) is 6.46. The molecule has 0 spiro atoms. The first-order valence-corrected chi connectivity index (χ1v) is 6.46. The lowest BCUT2D eigenvalue weighted by atomic mass is 10.2. The van der Waals surface area contributed by atoms with Gasteiger partial charge < -0.3 is 10.1 Å². The number of hydrogen-bond acceptors (Lipinski definition) is 2. The van der Waals surface area contributed by atoms with Crippen LogP contribution in [0.2, 0.25) is 0 Å². The van der Waals surface area contributed by atoms with Crippen molar-refractivity contribution in [2.24, 2.45) is 0 Å². The number of benzene rings is 1. The van der Waals surface area contributed by atoms with E-state index in [9.17, 15) is 4.39 Å². The highest BCUT2D eigenvalue weighted by Gasteiger charge is 2.09. The second-order valence-electron chi connectivity index (χ2n) is 4.30. The lowest BCUT2D eigenvalue weighted by Crippen LogP contribution is -2.15. The molecule has 0 saturated carbocycles. The van der Waals surface area contributed by atoms with Crippen LogP contribution in [0.3, 0.4) is 0 Å². The first-order chi connectivity index (χ1) is 8.69. The van der Waals surface area contributed by atoms with Gasteiger partial charge in [0.2, 0.25) is 0 Å². The summed E-state index contributed by atoms with van der Waals surface area (Å²) in [5.74, 6) is 0.0328. The van der Waals surface area contributed by atoms with Crippen molar-refractivity contribution in [2.75, 3.05) is 13.2 Å². The van der Waals surface area contributed by atoms with Gasteiger partial charge >= 0.3 is 0 Å². The summed E-state index contributed by atoms with van der Waals surface area (Å²) in [6.07, 6.45) is 1.90. The molecule has 3 heteroatoms. The third-order valence-corrected chi connectivity index (χ3v) is 2.71. The summed E-state index contributed by atoms with van der Waals surface area (Å²) in [6.45, 7) is 9.88. The molecule has 0 atom stereocenters. The Balaban J connectivity index is 2.70. The average Bonchev–Trinajstić information content (AvgIpc) is 2.38. The fourth-order valence-corrected chi connectivity index (χ4v) is 1.53. The molecule has 1 N–H and O–H groups in total. The van der Waals surface area contributed by atoms with Crippen LogP contribution in [-0.2, 0) is 6.54 Å². The Labute approximate surface area is 109 Å². The molecule has 0 fully saturated rings. The minimum absolute atomic E-state index is 0.310. The third kappa shape index (κ3) is 4.49. The molecule has 0 unspecified atom stereocenters. The zero-order valence-electron chi connectivity index (χ0n) is 11.3. The van der Waals surface area contributed by atoms with Crippen LogP contribution in [-0.4, -0.2) is 13.2 Å². The van der Waals surface area contributed by atoms with Crippen molar-refractivity contribution >= 4 is 0 Å². The Hall–Kier alpha value is -1.35. The van der Waals surface area contributed by atoms with Gasteiger partial charge in [-0.2, -0.15) is 0 Å². The van der Waals surface area contributed by atoms with Crippen molar-refractivity contribution in [1.29, 1.82) is 0 Å². The van der Waals surface area contributed by atoms with Crippen LogP contribution >= 0.6 is 0 Å². The number of rotatable bonds is 8. The molecule has 1 aromatic carbocycles. The second kappa shape index (κ2) is 7.88. The van der Waals surface area contributed by atoms with E-state index in [1.54, 1.807) is 6.07 Å². The zero-order valence-corrected chi connectivity index (χ0v) is 11.3. The maximum atomic E-state index is 13.7. The minimum atomic E-state index is -0.310. The van der Waals surface area contributed by atoms with Gasteiger partial charge in [-0.15, -0.1) is 0 Å². The molecule has 18 heavy (non-hydrogen) atoms. The lowest BCUT2D eigenvalue weighted by Gasteiger charge is -2.13. The van der Waals surface area contributed by atoms with Crippen molar-refractivity contribution < 1.29 is 9.13 Å². The van der Waals surface area contributed by atoms with Crippen LogP contribution in [0, 0.1) is 5.82 Å². The van der Waals surface area contributed by atoms with Gasteiger partial charge in [0.1, 0.15) is 6.61 Å². The Kier molecular flexibility index (Phi) is 6.44. The number of ether oxygens (including phenoxy) is 1. The molecular weight excluding hydrogens is 229 g/mol. The summed E-state index contributed by atoms with van der Waals surface area (Å²) in [5.41, 5.74) is 1.82. The predicted molar refractivity (Wildman–Crippen MR) is 73.3 cm³/mol. The van der Waals surface area contributed by atoms with E-state index in [0.717, 1.165) is 30.5 Å². The minimum Gasteiger partial charge on any atom is -0.486 e. The molecule has 0 bridgehead atoms. The normalized spacial score (nSPS) is 10.4. The number of halogens is 1. The molecule has 2 nitrogen and oxygen atoms in total. The Morgan fingerprint density at radius 3 is 2.83 bits per heavy atom. The van der Waals surface area contributed by atoms with Gasteiger partial charge in [0.05, 0.1) is 0 Å². The molecule has 0 amide bonds. The van der Waals surface area contributed by atoms with E-state index >= 15 is 0 Å². The Morgan fingerprint density at radius 2 is 2.17 bits per heavy atom. The summed E-state index contributed by atoms with van der Waals surface area (Å²) in [7, 11) is 0. The summed E-state index contributed by atoms with van der Waals surface area (Å²) >= 11 is 0. The van der Waals surface area contributed by atoms with Crippen molar-refractivity contribution in [1.82, 2.24) is 5.32 Å². The predicted octanol–water partition coefficient (Wildman–Crippen LogP) is 3.67. The molecule has 1 rings (SSSR count). The van der Waals surface area contributed by atoms with E-state index in [1.807, 2.05) is 13.0 Å². The van der Waals surface area contributed by atoms with Crippen molar-refractivity contribution in [3.63, 3.8) is 0 Å².